The van der Waals surface area contributed by atoms with E-state index in [2.05, 4.69) is 0 Å². The first-order chi connectivity index (χ1) is 12.7. The SMILES string of the molecule is CN(C)c1ccc(C(=O)c2ccc(N(C)C)c(S(=O)(=O)[O-])c2)cc1S(=O)(=O)[O-].[Na+].[Na+]. The molecule has 0 aliphatic carbocycles. The van der Waals surface area contributed by atoms with Crippen molar-refractivity contribution in [2.45, 2.75) is 9.79 Å². The van der Waals surface area contributed by atoms with Gasteiger partial charge in [-0.3, -0.25) is 4.79 Å². The van der Waals surface area contributed by atoms with Crippen molar-refractivity contribution >= 4 is 37.4 Å². The number of hydrogen-bond acceptors (Lipinski definition) is 9. The summed E-state index contributed by atoms with van der Waals surface area (Å²) in [6.45, 7) is 0. The summed E-state index contributed by atoms with van der Waals surface area (Å²) in [6.07, 6.45) is 0. The van der Waals surface area contributed by atoms with Crippen molar-refractivity contribution < 1.29 is 89.9 Å². The third-order valence-electron chi connectivity index (χ3n) is 3.95. The molecule has 0 spiro atoms. The first-order valence-corrected chi connectivity index (χ1v) is 10.6. The molecule has 0 heterocycles. The van der Waals surface area contributed by atoms with E-state index < -0.39 is 35.8 Å². The van der Waals surface area contributed by atoms with Crippen LogP contribution in [-0.2, 0) is 20.2 Å². The minimum Gasteiger partial charge on any atom is -0.744 e. The number of anilines is 2. The minimum atomic E-state index is -4.86. The average Bonchev–Trinajstić information content (AvgIpc) is 2.58. The third-order valence-corrected chi connectivity index (χ3v) is 5.68. The summed E-state index contributed by atoms with van der Waals surface area (Å²) >= 11 is 0. The van der Waals surface area contributed by atoms with E-state index in [4.69, 9.17) is 0 Å². The monoisotopic (exact) mass is 472 g/mol. The van der Waals surface area contributed by atoms with Crippen LogP contribution in [0.3, 0.4) is 0 Å². The van der Waals surface area contributed by atoms with Gasteiger partial charge in [0.2, 0.25) is 0 Å². The molecule has 152 valence electrons. The van der Waals surface area contributed by atoms with E-state index in [0.29, 0.717) is 0 Å². The van der Waals surface area contributed by atoms with Gasteiger partial charge in [0.05, 0.1) is 21.2 Å². The molecule has 2 aromatic rings. The maximum atomic E-state index is 12.7. The Kier molecular flexibility index (Phi) is 10.7. The first kappa shape index (κ1) is 29.5. The molecule has 9 nitrogen and oxygen atoms in total. The quantitative estimate of drug-likeness (QED) is 0.230. The molecule has 0 saturated carbocycles. The van der Waals surface area contributed by atoms with Crippen LogP contribution in [0.2, 0.25) is 0 Å². The second kappa shape index (κ2) is 10.9. The molecule has 30 heavy (non-hydrogen) atoms. The van der Waals surface area contributed by atoms with Gasteiger partial charge in [-0.25, -0.2) is 16.8 Å². The number of rotatable bonds is 6. The van der Waals surface area contributed by atoms with Crippen molar-refractivity contribution in [1.82, 2.24) is 0 Å². The Balaban J connectivity index is 0.00000420. The Bertz CT molecular complexity index is 1060. The Morgan fingerprint density at radius 2 is 1.00 bits per heavy atom. The largest absolute Gasteiger partial charge is 1.00 e. The van der Waals surface area contributed by atoms with E-state index in [-0.39, 0.29) is 81.6 Å². The molecular formula is C17H18N2Na2O7S2. The van der Waals surface area contributed by atoms with Crippen LogP contribution in [0.15, 0.2) is 46.2 Å². The first-order valence-electron chi connectivity index (χ1n) is 7.82. The van der Waals surface area contributed by atoms with Crippen molar-refractivity contribution in [1.29, 1.82) is 0 Å². The zero-order valence-corrected chi connectivity index (χ0v) is 23.2. The normalized spacial score (nSPS) is 11.1. The zero-order valence-electron chi connectivity index (χ0n) is 17.5. The predicted octanol–water partition coefficient (Wildman–Crippen LogP) is -5.13. The molecule has 2 rings (SSSR count). The molecule has 0 unspecified atom stereocenters. The molecule has 0 saturated heterocycles. The zero-order chi connectivity index (χ0) is 21.4. The van der Waals surface area contributed by atoms with Gasteiger partial charge in [0.25, 0.3) is 0 Å². The van der Waals surface area contributed by atoms with E-state index in [0.717, 1.165) is 12.1 Å². The van der Waals surface area contributed by atoms with Crippen LogP contribution in [0.1, 0.15) is 15.9 Å². The molecule has 0 aliphatic heterocycles. The average molecular weight is 472 g/mol. The van der Waals surface area contributed by atoms with Crippen molar-refractivity contribution in [3.63, 3.8) is 0 Å². The fraction of sp³-hybridized carbons (Fsp3) is 0.235. The molecule has 0 N–H and O–H groups in total. The van der Waals surface area contributed by atoms with Crippen LogP contribution in [0.4, 0.5) is 11.4 Å². The standard InChI is InChI=1S/C17H20N2O7S2.2Na/c1-18(2)13-7-5-11(9-15(13)27(21,22)23)17(20)12-6-8-14(19(3)4)16(10-12)28(24,25)26;;/h5-10H,1-4H3,(H,21,22,23)(H,24,25,26);;/q;2*+1/p-2. The predicted molar refractivity (Wildman–Crippen MR) is 101 cm³/mol. The number of carbonyl (C=O) groups is 1. The summed E-state index contributed by atoms with van der Waals surface area (Å²) in [6, 6.07) is 7.11. The van der Waals surface area contributed by atoms with E-state index in [1.807, 2.05) is 0 Å². The number of benzene rings is 2. The van der Waals surface area contributed by atoms with Crippen molar-refractivity contribution in [2.75, 3.05) is 38.0 Å². The molecule has 0 bridgehead atoms. The number of nitrogens with zero attached hydrogens (tertiary/aromatic N) is 2. The van der Waals surface area contributed by atoms with Gasteiger partial charge in [-0.15, -0.1) is 0 Å². The molecule has 0 atom stereocenters. The molecule has 0 aromatic heterocycles. The van der Waals surface area contributed by atoms with E-state index in [1.54, 1.807) is 0 Å². The van der Waals surface area contributed by atoms with E-state index in [1.165, 1.54) is 62.3 Å². The van der Waals surface area contributed by atoms with Gasteiger partial charge >= 0.3 is 59.1 Å². The Labute approximate surface area is 220 Å². The summed E-state index contributed by atoms with van der Waals surface area (Å²) in [4.78, 5) is 14.4. The van der Waals surface area contributed by atoms with Crippen molar-refractivity contribution in [2.24, 2.45) is 0 Å². The van der Waals surface area contributed by atoms with E-state index >= 15 is 0 Å². The van der Waals surface area contributed by atoms with Crippen LogP contribution in [0.25, 0.3) is 0 Å². The maximum absolute atomic E-state index is 12.7. The molecule has 0 amide bonds. The van der Waals surface area contributed by atoms with Gasteiger partial charge in [-0.05, 0) is 36.4 Å². The van der Waals surface area contributed by atoms with Crippen molar-refractivity contribution in [3.05, 3.63) is 47.5 Å². The van der Waals surface area contributed by atoms with Crippen LogP contribution >= 0.6 is 0 Å². The minimum absolute atomic E-state index is 0. The maximum Gasteiger partial charge on any atom is 1.00 e. The fourth-order valence-corrected chi connectivity index (χ4v) is 4.17. The number of carbonyl (C=O) groups excluding carboxylic acids is 1. The molecule has 0 fully saturated rings. The van der Waals surface area contributed by atoms with Crippen molar-refractivity contribution in [3.8, 4) is 0 Å². The van der Waals surface area contributed by atoms with E-state index in [9.17, 15) is 30.7 Å². The smallest absolute Gasteiger partial charge is 0.744 e. The summed E-state index contributed by atoms with van der Waals surface area (Å²) in [5, 5.41) is 0. The topological polar surface area (TPSA) is 138 Å². The van der Waals surface area contributed by atoms with Gasteiger partial charge < -0.3 is 18.9 Å². The van der Waals surface area contributed by atoms with Gasteiger partial charge in [0, 0.05) is 39.3 Å². The Morgan fingerprint density at radius 1 is 0.700 bits per heavy atom. The van der Waals surface area contributed by atoms with Gasteiger partial charge in [0.15, 0.2) is 5.78 Å². The van der Waals surface area contributed by atoms with Crippen LogP contribution in [0, 0.1) is 0 Å². The third kappa shape index (κ3) is 6.76. The molecule has 0 aliphatic rings. The van der Waals surface area contributed by atoms with Gasteiger partial charge in [-0.1, -0.05) is 0 Å². The van der Waals surface area contributed by atoms with Crippen LogP contribution in [-0.4, -0.2) is 59.9 Å². The number of hydrogen-bond donors (Lipinski definition) is 0. The molecule has 13 heteroatoms. The van der Waals surface area contributed by atoms with Crippen LogP contribution in [0.5, 0.6) is 0 Å². The fourth-order valence-electron chi connectivity index (χ4n) is 2.62. The number of ketones is 1. The Morgan fingerprint density at radius 3 is 1.23 bits per heavy atom. The summed E-state index contributed by atoms with van der Waals surface area (Å²) in [5.74, 6) is -0.731. The molecule has 2 aromatic carbocycles. The summed E-state index contributed by atoms with van der Waals surface area (Å²) in [5.41, 5.74) is -0.0478. The van der Waals surface area contributed by atoms with Gasteiger partial charge in [-0.2, -0.15) is 0 Å². The summed E-state index contributed by atoms with van der Waals surface area (Å²) in [7, 11) is -3.57. The second-order valence-corrected chi connectivity index (χ2v) is 9.09. The van der Waals surface area contributed by atoms with Crippen LogP contribution < -0.4 is 68.9 Å². The Hall–Kier alpha value is -0.470. The molecular weight excluding hydrogens is 454 g/mol. The molecule has 0 radical (unpaired) electrons. The van der Waals surface area contributed by atoms with Gasteiger partial charge in [0.1, 0.15) is 20.2 Å². The second-order valence-electron chi connectivity index (χ2n) is 6.39. The summed E-state index contributed by atoms with van der Waals surface area (Å²) < 4.78 is 69.3.